The standard InChI is InChI=1S/C13H18N6/c1-17-11-15-8-12(17)10-18-4-6-19(7-5-18)13-9-14-2-3-16-13/h2-3,8-9,11H,4-7,10H2,1H3. The number of nitrogens with zero attached hydrogens (tertiary/aromatic N) is 6. The molecule has 0 aromatic carbocycles. The van der Waals surface area contributed by atoms with Crippen LogP contribution in [0.2, 0.25) is 0 Å². The minimum atomic E-state index is 0.963. The Kier molecular flexibility index (Phi) is 3.41. The van der Waals surface area contributed by atoms with Crippen LogP contribution in [0.1, 0.15) is 5.69 Å². The van der Waals surface area contributed by atoms with E-state index in [0.29, 0.717) is 0 Å². The van der Waals surface area contributed by atoms with Gasteiger partial charge < -0.3 is 9.47 Å². The number of aryl methyl sites for hydroxylation is 1. The second-order valence-electron chi connectivity index (χ2n) is 4.82. The lowest BCUT2D eigenvalue weighted by Gasteiger charge is -2.35. The van der Waals surface area contributed by atoms with Gasteiger partial charge in [0.15, 0.2) is 0 Å². The third kappa shape index (κ3) is 2.73. The number of anilines is 1. The molecule has 6 nitrogen and oxygen atoms in total. The summed E-state index contributed by atoms with van der Waals surface area (Å²) in [6.07, 6.45) is 9.08. The molecule has 0 bridgehead atoms. The largest absolute Gasteiger partial charge is 0.353 e. The van der Waals surface area contributed by atoms with Crippen LogP contribution < -0.4 is 4.90 Å². The Bertz CT molecular complexity index is 515. The van der Waals surface area contributed by atoms with Gasteiger partial charge in [-0.15, -0.1) is 0 Å². The molecule has 0 spiro atoms. The Morgan fingerprint density at radius 1 is 1.05 bits per heavy atom. The average molecular weight is 258 g/mol. The van der Waals surface area contributed by atoms with Crippen molar-refractivity contribution in [2.24, 2.45) is 7.05 Å². The summed E-state index contributed by atoms with van der Waals surface area (Å²) in [4.78, 5) is 17.4. The van der Waals surface area contributed by atoms with E-state index in [1.54, 1.807) is 12.4 Å². The van der Waals surface area contributed by atoms with Crippen molar-refractivity contribution in [2.45, 2.75) is 6.54 Å². The summed E-state index contributed by atoms with van der Waals surface area (Å²) in [5.74, 6) is 0.975. The van der Waals surface area contributed by atoms with E-state index in [1.165, 1.54) is 5.69 Å². The van der Waals surface area contributed by atoms with E-state index < -0.39 is 0 Å². The molecule has 1 saturated heterocycles. The van der Waals surface area contributed by atoms with E-state index in [9.17, 15) is 0 Å². The predicted molar refractivity (Wildman–Crippen MR) is 72.7 cm³/mol. The highest BCUT2D eigenvalue weighted by Gasteiger charge is 2.18. The van der Waals surface area contributed by atoms with Gasteiger partial charge in [-0.3, -0.25) is 9.88 Å². The van der Waals surface area contributed by atoms with Gasteiger partial charge in [-0.1, -0.05) is 0 Å². The maximum Gasteiger partial charge on any atom is 0.147 e. The fraction of sp³-hybridized carbons (Fsp3) is 0.462. The van der Waals surface area contributed by atoms with Crippen molar-refractivity contribution in [1.82, 2.24) is 24.4 Å². The third-order valence-corrected chi connectivity index (χ3v) is 3.55. The van der Waals surface area contributed by atoms with E-state index in [-0.39, 0.29) is 0 Å². The number of aromatic nitrogens is 4. The van der Waals surface area contributed by atoms with Crippen LogP contribution in [0.4, 0.5) is 5.82 Å². The van der Waals surface area contributed by atoms with Gasteiger partial charge in [-0.25, -0.2) is 9.97 Å². The second kappa shape index (κ2) is 5.36. The lowest BCUT2D eigenvalue weighted by molar-refractivity contribution is 0.244. The first-order valence-electron chi connectivity index (χ1n) is 6.51. The molecule has 6 heteroatoms. The Labute approximate surface area is 112 Å². The molecule has 0 atom stereocenters. The molecule has 1 aliphatic heterocycles. The number of imidazole rings is 1. The van der Waals surface area contributed by atoms with Crippen molar-refractivity contribution in [3.05, 3.63) is 36.8 Å². The lowest BCUT2D eigenvalue weighted by atomic mass is 10.3. The van der Waals surface area contributed by atoms with Crippen LogP contribution >= 0.6 is 0 Å². The first-order chi connectivity index (χ1) is 9.33. The monoisotopic (exact) mass is 258 g/mol. The molecule has 3 rings (SSSR count). The zero-order valence-electron chi connectivity index (χ0n) is 11.1. The van der Waals surface area contributed by atoms with Gasteiger partial charge in [0.25, 0.3) is 0 Å². The van der Waals surface area contributed by atoms with Gasteiger partial charge in [0, 0.05) is 58.4 Å². The van der Waals surface area contributed by atoms with Gasteiger partial charge in [0.1, 0.15) is 5.82 Å². The van der Waals surface area contributed by atoms with Crippen molar-refractivity contribution < 1.29 is 0 Å². The van der Waals surface area contributed by atoms with Crippen LogP contribution in [-0.4, -0.2) is 50.6 Å². The molecule has 100 valence electrons. The second-order valence-corrected chi connectivity index (χ2v) is 4.82. The molecule has 2 aromatic heterocycles. The summed E-state index contributed by atoms with van der Waals surface area (Å²) in [7, 11) is 2.04. The molecule has 2 aromatic rings. The summed E-state index contributed by atoms with van der Waals surface area (Å²) >= 11 is 0. The fourth-order valence-electron chi connectivity index (χ4n) is 2.36. The number of hydrogen-bond donors (Lipinski definition) is 0. The normalized spacial score (nSPS) is 16.8. The first-order valence-corrected chi connectivity index (χ1v) is 6.51. The van der Waals surface area contributed by atoms with Gasteiger partial charge in [0.2, 0.25) is 0 Å². The number of hydrogen-bond acceptors (Lipinski definition) is 5. The Balaban J connectivity index is 1.57. The Morgan fingerprint density at radius 3 is 2.53 bits per heavy atom. The quantitative estimate of drug-likeness (QED) is 0.804. The maximum absolute atomic E-state index is 4.35. The Morgan fingerprint density at radius 2 is 1.89 bits per heavy atom. The first kappa shape index (κ1) is 12.1. The number of piperazine rings is 1. The molecular weight excluding hydrogens is 240 g/mol. The molecule has 19 heavy (non-hydrogen) atoms. The minimum absolute atomic E-state index is 0.963. The molecule has 0 amide bonds. The van der Waals surface area contributed by atoms with Crippen LogP contribution in [0.15, 0.2) is 31.1 Å². The van der Waals surface area contributed by atoms with Crippen LogP contribution in [0.25, 0.3) is 0 Å². The summed E-state index contributed by atoms with van der Waals surface area (Å²) < 4.78 is 2.08. The topological polar surface area (TPSA) is 50.1 Å². The van der Waals surface area contributed by atoms with E-state index in [4.69, 9.17) is 0 Å². The SMILES string of the molecule is Cn1cncc1CN1CCN(c2cnccn2)CC1. The molecule has 1 aliphatic rings. The molecule has 0 saturated carbocycles. The molecule has 0 unspecified atom stereocenters. The van der Waals surface area contributed by atoms with Crippen molar-refractivity contribution in [3.63, 3.8) is 0 Å². The molecule has 1 fully saturated rings. The third-order valence-electron chi connectivity index (χ3n) is 3.55. The van der Waals surface area contributed by atoms with E-state index in [1.807, 2.05) is 25.8 Å². The highest BCUT2D eigenvalue weighted by atomic mass is 15.3. The smallest absolute Gasteiger partial charge is 0.147 e. The van der Waals surface area contributed by atoms with E-state index in [0.717, 1.165) is 38.5 Å². The molecule has 0 aliphatic carbocycles. The van der Waals surface area contributed by atoms with Crippen molar-refractivity contribution in [1.29, 1.82) is 0 Å². The lowest BCUT2D eigenvalue weighted by Crippen LogP contribution is -2.46. The number of rotatable bonds is 3. The van der Waals surface area contributed by atoms with E-state index in [2.05, 4.69) is 29.3 Å². The van der Waals surface area contributed by atoms with Crippen molar-refractivity contribution >= 4 is 5.82 Å². The average Bonchev–Trinajstić information content (AvgIpc) is 2.86. The van der Waals surface area contributed by atoms with Crippen LogP contribution in [-0.2, 0) is 13.6 Å². The Hall–Kier alpha value is -1.95. The van der Waals surface area contributed by atoms with Gasteiger partial charge in [-0.05, 0) is 0 Å². The van der Waals surface area contributed by atoms with E-state index >= 15 is 0 Å². The zero-order chi connectivity index (χ0) is 13.1. The molecule has 0 N–H and O–H groups in total. The van der Waals surface area contributed by atoms with Gasteiger partial charge in [0.05, 0.1) is 18.2 Å². The molecular formula is C13H18N6. The summed E-state index contributed by atoms with van der Waals surface area (Å²) in [6.45, 7) is 5.04. The summed E-state index contributed by atoms with van der Waals surface area (Å²) in [5, 5.41) is 0. The van der Waals surface area contributed by atoms with Crippen LogP contribution in [0.5, 0.6) is 0 Å². The van der Waals surface area contributed by atoms with Gasteiger partial charge in [-0.2, -0.15) is 0 Å². The minimum Gasteiger partial charge on any atom is -0.353 e. The highest BCUT2D eigenvalue weighted by molar-refractivity contribution is 5.35. The maximum atomic E-state index is 4.35. The fourth-order valence-corrected chi connectivity index (χ4v) is 2.36. The van der Waals surface area contributed by atoms with Crippen LogP contribution in [0, 0.1) is 0 Å². The van der Waals surface area contributed by atoms with Gasteiger partial charge >= 0.3 is 0 Å². The van der Waals surface area contributed by atoms with Crippen molar-refractivity contribution in [3.8, 4) is 0 Å². The highest BCUT2D eigenvalue weighted by Crippen LogP contribution is 2.13. The molecule has 3 heterocycles. The predicted octanol–water partition coefficient (Wildman–Crippen LogP) is 0.532. The summed E-state index contributed by atoms with van der Waals surface area (Å²) in [5.41, 5.74) is 1.26. The molecule has 0 radical (unpaired) electrons. The zero-order valence-corrected chi connectivity index (χ0v) is 11.1. The summed E-state index contributed by atoms with van der Waals surface area (Å²) in [6, 6.07) is 0. The van der Waals surface area contributed by atoms with Crippen molar-refractivity contribution in [2.75, 3.05) is 31.1 Å². The van der Waals surface area contributed by atoms with Crippen LogP contribution in [0.3, 0.4) is 0 Å².